The third-order valence-corrected chi connectivity index (χ3v) is 3.31. The quantitative estimate of drug-likeness (QED) is 0.749. The summed E-state index contributed by atoms with van der Waals surface area (Å²) in [4.78, 5) is 13.4. The second kappa shape index (κ2) is 7.43. The first-order chi connectivity index (χ1) is 10.0. The molecule has 0 spiro atoms. The van der Waals surface area contributed by atoms with Crippen molar-refractivity contribution in [2.24, 2.45) is 0 Å². The van der Waals surface area contributed by atoms with Crippen molar-refractivity contribution in [1.29, 1.82) is 0 Å². The Bertz CT molecular complexity index is 474. The highest BCUT2D eigenvalue weighted by Crippen LogP contribution is 2.18. The number of aliphatic hydroxyl groups excluding tert-OH is 1. The van der Waals surface area contributed by atoms with E-state index in [9.17, 15) is 9.90 Å². The fraction of sp³-hybridized carbons (Fsp3) is 0.562. The molecule has 0 unspecified atom stereocenters. The van der Waals surface area contributed by atoms with Gasteiger partial charge in [-0.25, -0.2) is 0 Å². The number of hydrogen-bond donors (Lipinski definition) is 2. The summed E-state index contributed by atoms with van der Waals surface area (Å²) in [6, 6.07) is 8.09. The molecule has 0 aromatic heterocycles. The van der Waals surface area contributed by atoms with E-state index in [2.05, 4.69) is 5.32 Å². The Hall–Kier alpha value is -1.59. The number of hydrogen-bond acceptors (Lipinski definition) is 4. The van der Waals surface area contributed by atoms with Gasteiger partial charge in [0.15, 0.2) is 0 Å². The number of likely N-dealkylation sites (N-methyl/N-ethyl adjacent to an activating group) is 1. The molecule has 1 amide bonds. The Morgan fingerprint density at radius 3 is 2.95 bits per heavy atom. The Balaban J connectivity index is 1.65. The first kappa shape index (κ1) is 15.8. The summed E-state index contributed by atoms with van der Waals surface area (Å²) in [5.41, 5.74) is 1.12. The fourth-order valence-corrected chi connectivity index (χ4v) is 2.12. The highest BCUT2D eigenvalue weighted by atomic mass is 16.5. The van der Waals surface area contributed by atoms with E-state index in [1.807, 2.05) is 43.1 Å². The summed E-state index contributed by atoms with van der Waals surface area (Å²) in [6.07, 6.45) is 1.55. The molecule has 0 bridgehead atoms. The number of rotatable bonds is 8. The van der Waals surface area contributed by atoms with Crippen LogP contribution in [0.3, 0.4) is 0 Å². The molecule has 0 aliphatic heterocycles. The smallest absolute Gasteiger partial charge is 0.234 e. The topological polar surface area (TPSA) is 61.8 Å². The molecule has 0 heterocycles. The molecule has 1 aliphatic carbocycles. The number of ether oxygens (including phenoxy) is 1. The van der Waals surface area contributed by atoms with Crippen LogP contribution in [0.4, 0.5) is 0 Å². The minimum Gasteiger partial charge on any atom is -0.491 e. The second-order valence-electron chi connectivity index (χ2n) is 5.82. The van der Waals surface area contributed by atoms with Gasteiger partial charge in [0.2, 0.25) is 5.91 Å². The van der Waals surface area contributed by atoms with Gasteiger partial charge < -0.3 is 15.2 Å². The van der Waals surface area contributed by atoms with Crippen molar-refractivity contribution in [3.05, 3.63) is 29.8 Å². The van der Waals surface area contributed by atoms with Gasteiger partial charge in [-0.2, -0.15) is 0 Å². The summed E-state index contributed by atoms with van der Waals surface area (Å²) < 4.78 is 5.55. The lowest BCUT2D eigenvalue weighted by molar-refractivity contribution is -0.122. The van der Waals surface area contributed by atoms with Gasteiger partial charge in [-0.3, -0.25) is 9.69 Å². The third-order valence-electron chi connectivity index (χ3n) is 3.31. The Labute approximate surface area is 125 Å². The summed E-state index contributed by atoms with van der Waals surface area (Å²) in [7, 11) is 1.82. The first-order valence-electron chi connectivity index (χ1n) is 7.38. The number of carbonyl (C=O) groups is 1. The van der Waals surface area contributed by atoms with Gasteiger partial charge >= 0.3 is 0 Å². The number of amides is 1. The predicted molar refractivity (Wildman–Crippen MR) is 81.3 cm³/mol. The highest BCUT2D eigenvalue weighted by Gasteiger charge is 2.23. The van der Waals surface area contributed by atoms with Crippen LogP contribution < -0.4 is 10.1 Å². The van der Waals surface area contributed by atoms with Crippen LogP contribution in [0.1, 0.15) is 18.4 Å². The van der Waals surface area contributed by atoms with Crippen LogP contribution in [0.15, 0.2) is 24.3 Å². The predicted octanol–water partition coefficient (Wildman–Crippen LogP) is 0.945. The fourth-order valence-electron chi connectivity index (χ4n) is 2.12. The lowest BCUT2D eigenvalue weighted by atomic mass is 10.2. The molecule has 0 saturated heterocycles. The van der Waals surface area contributed by atoms with Crippen molar-refractivity contribution in [1.82, 2.24) is 10.2 Å². The molecular formula is C16H24N2O3. The molecule has 1 atom stereocenters. The minimum atomic E-state index is -0.621. The average Bonchev–Trinajstić information content (AvgIpc) is 3.20. The zero-order valence-electron chi connectivity index (χ0n) is 12.7. The maximum Gasteiger partial charge on any atom is 0.234 e. The van der Waals surface area contributed by atoms with E-state index in [4.69, 9.17) is 4.74 Å². The molecule has 116 valence electrons. The number of aryl methyl sites for hydroxylation is 1. The van der Waals surface area contributed by atoms with Gasteiger partial charge in [0.05, 0.1) is 6.54 Å². The molecular weight excluding hydrogens is 268 g/mol. The van der Waals surface area contributed by atoms with E-state index in [-0.39, 0.29) is 12.5 Å². The van der Waals surface area contributed by atoms with Gasteiger partial charge in [0.1, 0.15) is 18.5 Å². The normalized spacial score (nSPS) is 15.8. The SMILES string of the molecule is Cc1cccc(OC[C@H](O)CN(C)CC(=O)NC2CC2)c1. The van der Waals surface area contributed by atoms with Crippen molar-refractivity contribution in [2.75, 3.05) is 26.7 Å². The Kier molecular flexibility index (Phi) is 5.59. The van der Waals surface area contributed by atoms with E-state index < -0.39 is 6.10 Å². The summed E-state index contributed by atoms with van der Waals surface area (Å²) >= 11 is 0. The molecule has 2 N–H and O–H groups in total. The molecule has 1 fully saturated rings. The highest BCUT2D eigenvalue weighted by molar-refractivity contribution is 5.78. The Morgan fingerprint density at radius 1 is 1.52 bits per heavy atom. The summed E-state index contributed by atoms with van der Waals surface area (Å²) in [5, 5.41) is 12.9. The number of nitrogens with zero attached hydrogens (tertiary/aromatic N) is 1. The van der Waals surface area contributed by atoms with Crippen LogP contribution in [-0.4, -0.2) is 54.8 Å². The third kappa shape index (κ3) is 6.14. The van der Waals surface area contributed by atoms with Crippen molar-refractivity contribution in [3.8, 4) is 5.75 Å². The Morgan fingerprint density at radius 2 is 2.29 bits per heavy atom. The van der Waals surface area contributed by atoms with Crippen LogP contribution in [0.2, 0.25) is 0 Å². The van der Waals surface area contributed by atoms with Gasteiger partial charge in [0, 0.05) is 12.6 Å². The lowest BCUT2D eigenvalue weighted by Gasteiger charge is -2.20. The molecule has 5 heteroatoms. The molecule has 1 aliphatic rings. The first-order valence-corrected chi connectivity index (χ1v) is 7.38. The van der Waals surface area contributed by atoms with Gasteiger partial charge in [-0.1, -0.05) is 12.1 Å². The number of benzene rings is 1. The van der Waals surface area contributed by atoms with Crippen LogP contribution in [0.5, 0.6) is 5.75 Å². The van der Waals surface area contributed by atoms with Gasteiger partial charge in [0.25, 0.3) is 0 Å². The van der Waals surface area contributed by atoms with E-state index in [1.54, 1.807) is 0 Å². The lowest BCUT2D eigenvalue weighted by Crippen LogP contribution is -2.40. The van der Waals surface area contributed by atoms with Crippen LogP contribution >= 0.6 is 0 Å². The molecule has 5 nitrogen and oxygen atoms in total. The van der Waals surface area contributed by atoms with Crippen LogP contribution in [0, 0.1) is 6.92 Å². The van der Waals surface area contributed by atoms with E-state index >= 15 is 0 Å². The standard InChI is InChI=1S/C16H24N2O3/c1-12-4-3-5-15(8-12)21-11-14(19)9-18(2)10-16(20)17-13-6-7-13/h3-5,8,13-14,19H,6-7,9-11H2,1-2H3,(H,17,20)/t14-/m1/s1. The maximum absolute atomic E-state index is 11.6. The molecule has 1 aromatic carbocycles. The molecule has 1 saturated carbocycles. The average molecular weight is 292 g/mol. The number of carbonyl (C=O) groups excluding carboxylic acids is 1. The molecule has 2 rings (SSSR count). The van der Waals surface area contributed by atoms with Crippen molar-refractivity contribution >= 4 is 5.91 Å². The molecule has 21 heavy (non-hydrogen) atoms. The monoisotopic (exact) mass is 292 g/mol. The molecule has 0 radical (unpaired) electrons. The summed E-state index contributed by atoms with van der Waals surface area (Å²) in [5.74, 6) is 0.773. The van der Waals surface area contributed by atoms with E-state index in [0.29, 0.717) is 19.1 Å². The minimum absolute atomic E-state index is 0.0202. The largest absolute Gasteiger partial charge is 0.491 e. The van der Waals surface area contributed by atoms with Crippen LogP contribution in [0.25, 0.3) is 0 Å². The molecule has 1 aromatic rings. The van der Waals surface area contributed by atoms with Crippen molar-refractivity contribution < 1.29 is 14.6 Å². The number of nitrogens with one attached hydrogen (secondary N) is 1. The van der Waals surface area contributed by atoms with Crippen molar-refractivity contribution in [3.63, 3.8) is 0 Å². The summed E-state index contributed by atoms with van der Waals surface area (Å²) in [6.45, 7) is 2.93. The number of aliphatic hydroxyl groups is 1. The second-order valence-corrected chi connectivity index (χ2v) is 5.82. The van der Waals surface area contributed by atoms with E-state index in [1.165, 1.54) is 0 Å². The van der Waals surface area contributed by atoms with E-state index in [0.717, 1.165) is 24.2 Å². The van der Waals surface area contributed by atoms with Gasteiger partial charge in [-0.15, -0.1) is 0 Å². The maximum atomic E-state index is 11.6. The van der Waals surface area contributed by atoms with Crippen molar-refractivity contribution in [2.45, 2.75) is 31.9 Å². The van der Waals surface area contributed by atoms with Gasteiger partial charge in [-0.05, 0) is 44.5 Å². The van der Waals surface area contributed by atoms with Crippen LogP contribution in [-0.2, 0) is 4.79 Å². The zero-order valence-corrected chi connectivity index (χ0v) is 12.7. The zero-order chi connectivity index (χ0) is 15.2.